The molecule has 1 rings (SSSR count). The van der Waals surface area contributed by atoms with Gasteiger partial charge in [-0.3, -0.25) is 9.69 Å². The highest BCUT2D eigenvalue weighted by molar-refractivity contribution is 5.73. The van der Waals surface area contributed by atoms with Gasteiger partial charge >= 0.3 is 5.97 Å². The Kier molecular flexibility index (Phi) is 3.05. The molecular weight excluding hydrogens is 158 g/mol. The Labute approximate surface area is 71.8 Å². The van der Waals surface area contributed by atoms with Gasteiger partial charge in [-0.05, 0) is 5.92 Å². The minimum Gasteiger partial charge on any atom is -0.480 e. The van der Waals surface area contributed by atoms with Gasteiger partial charge in [0.15, 0.2) is 0 Å². The molecule has 12 heavy (non-hydrogen) atoms. The zero-order valence-electron chi connectivity index (χ0n) is 7.23. The second-order valence-corrected chi connectivity index (χ2v) is 3.26. The zero-order chi connectivity index (χ0) is 9.14. The smallest absolute Gasteiger partial charge is 0.323 e. The summed E-state index contributed by atoms with van der Waals surface area (Å²) >= 11 is 0. The molecule has 2 N–H and O–H groups in total. The third kappa shape index (κ3) is 1.76. The second kappa shape index (κ2) is 3.87. The summed E-state index contributed by atoms with van der Waals surface area (Å²) in [5.41, 5.74) is 0. The normalized spacial score (nSPS) is 21.8. The summed E-state index contributed by atoms with van der Waals surface area (Å²) in [6, 6.07) is -0.687. The molecule has 1 aliphatic rings. The van der Waals surface area contributed by atoms with Crippen molar-refractivity contribution < 1.29 is 15.0 Å². The van der Waals surface area contributed by atoms with Gasteiger partial charge in [0.05, 0.1) is 6.61 Å². The third-order valence-corrected chi connectivity index (χ3v) is 2.46. The van der Waals surface area contributed by atoms with E-state index in [1.165, 1.54) is 0 Å². The Morgan fingerprint density at radius 1 is 1.67 bits per heavy atom. The number of carboxylic acid groups (broad SMARTS) is 1. The fourth-order valence-electron chi connectivity index (χ4n) is 1.47. The summed E-state index contributed by atoms with van der Waals surface area (Å²) in [6.45, 7) is 3.44. The molecule has 0 aromatic rings. The van der Waals surface area contributed by atoms with E-state index in [4.69, 9.17) is 10.2 Å². The first-order valence-corrected chi connectivity index (χ1v) is 4.26. The topological polar surface area (TPSA) is 60.8 Å². The first-order valence-electron chi connectivity index (χ1n) is 4.26. The molecule has 0 aromatic carbocycles. The Hall–Kier alpha value is -0.610. The molecule has 0 spiro atoms. The molecule has 0 bridgehead atoms. The van der Waals surface area contributed by atoms with E-state index in [1.807, 2.05) is 0 Å². The largest absolute Gasteiger partial charge is 0.480 e. The maximum Gasteiger partial charge on any atom is 0.323 e. The molecular formula is C8H15NO3. The molecule has 4 heteroatoms. The summed E-state index contributed by atoms with van der Waals surface area (Å²) in [4.78, 5) is 12.4. The molecule has 0 amide bonds. The number of carboxylic acids is 1. The van der Waals surface area contributed by atoms with Gasteiger partial charge < -0.3 is 10.2 Å². The van der Waals surface area contributed by atoms with Crippen LogP contribution in [0.25, 0.3) is 0 Å². The molecule has 0 aliphatic carbocycles. The fraction of sp³-hybridized carbons (Fsp3) is 0.875. The van der Waals surface area contributed by atoms with Crippen molar-refractivity contribution in [3.05, 3.63) is 0 Å². The first kappa shape index (κ1) is 9.48. The highest BCUT2D eigenvalue weighted by atomic mass is 16.4. The highest BCUT2D eigenvalue weighted by Gasteiger charge is 2.34. The second-order valence-electron chi connectivity index (χ2n) is 3.26. The van der Waals surface area contributed by atoms with E-state index in [9.17, 15) is 4.79 Å². The van der Waals surface area contributed by atoms with Gasteiger partial charge in [-0.1, -0.05) is 13.3 Å². The molecule has 1 heterocycles. The molecule has 1 aliphatic heterocycles. The predicted molar refractivity (Wildman–Crippen MR) is 43.9 cm³/mol. The number of nitrogens with zero attached hydrogens (tertiary/aromatic N) is 1. The van der Waals surface area contributed by atoms with Crippen LogP contribution in [0.4, 0.5) is 0 Å². The monoisotopic (exact) mass is 173 g/mol. The summed E-state index contributed by atoms with van der Waals surface area (Å²) in [6.07, 6.45) is 1.09. The summed E-state index contributed by atoms with van der Waals surface area (Å²) in [7, 11) is 0. The van der Waals surface area contributed by atoms with E-state index < -0.39 is 12.0 Å². The molecule has 1 atom stereocenters. The number of carbonyl (C=O) groups is 1. The van der Waals surface area contributed by atoms with Crippen molar-refractivity contribution in [1.29, 1.82) is 0 Å². The first-order chi connectivity index (χ1) is 5.69. The van der Waals surface area contributed by atoms with E-state index in [0.717, 1.165) is 19.5 Å². The number of likely N-dealkylation sites (tertiary alicyclic amines) is 1. The maximum atomic E-state index is 10.6. The van der Waals surface area contributed by atoms with Crippen LogP contribution >= 0.6 is 0 Å². The third-order valence-electron chi connectivity index (χ3n) is 2.46. The molecule has 1 fully saturated rings. The lowest BCUT2D eigenvalue weighted by molar-refractivity contribution is -0.148. The Balaban J connectivity index is 2.34. The highest BCUT2D eigenvalue weighted by Crippen LogP contribution is 2.20. The van der Waals surface area contributed by atoms with Gasteiger partial charge in [-0.15, -0.1) is 0 Å². The van der Waals surface area contributed by atoms with Crippen molar-refractivity contribution in [2.45, 2.75) is 19.4 Å². The van der Waals surface area contributed by atoms with Crippen LogP contribution in [-0.2, 0) is 4.79 Å². The van der Waals surface area contributed by atoms with Crippen LogP contribution in [0.5, 0.6) is 0 Å². The number of aliphatic hydroxyl groups is 1. The van der Waals surface area contributed by atoms with Gasteiger partial charge in [0.25, 0.3) is 0 Å². The van der Waals surface area contributed by atoms with Gasteiger partial charge in [0.2, 0.25) is 0 Å². The van der Waals surface area contributed by atoms with Crippen LogP contribution in [0.15, 0.2) is 0 Å². The Morgan fingerprint density at radius 2 is 2.25 bits per heavy atom. The predicted octanol–water partition coefficient (Wildman–Crippen LogP) is -0.226. The molecule has 1 unspecified atom stereocenters. The number of aliphatic hydroxyl groups excluding tert-OH is 1. The fourth-order valence-corrected chi connectivity index (χ4v) is 1.47. The standard InChI is InChI=1S/C8H15NO3/c1-2-6-3-9(4-6)7(5-10)8(11)12/h6-7,10H,2-5H2,1H3,(H,11,12). The van der Waals surface area contributed by atoms with Crippen molar-refractivity contribution in [3.63, 3.8) is 0 Å². The molecule has 4 nitrogen and oxygen atoms in total. The van der Waals surface area contributed by atoms with E-state index in [-0.39, 0.29) is 6.61 Å². The van der Waals surface area contributed by atoms with Crippen molar-refractivity contribution in [2.75, 3.05) is 19.7 Å². The number of hydrogen-bond donors (Lipinski definition) is 2. The van der Waals surface area contributed by atoms with Crippen molar-refractivity contribution in [1.82, 2.24) is 4.90 Å². The van der Waals surface area contributed by atoms with Crippen LogP contribution < -0.4 is 0 Å². The number of hydrogen-bond acceptors (Lipinski definition) is 3. The lowest BCUT2D eigenvalue weighted by Gasteiger charge is -2.41. The molecule has 0 radical (unpaired) electrons. The molecule has 0 aromatic heterocycles. The Bertz CT molecular complexity index is 166. The maximum absolute atomic E-state index is 10.6. The average Bonchev–Trinajstić information content (AvgIpc) is 1.94. The van der Waals surface area contributed by atoms with E-state index in [0.29, 0.717) is 5.92 Å². The lowest BCUT2D eigenvalue weighted by atomic mass is 9.95. The van der Waals surface area contributed by atoms with Crippen LogP contribution in [0.3, 0.4) is 0 Å². The molecule has 1 saturated heterocycles. The van der Waals surface area contributed by atoms with E-state index in [2.05, 4.69) is 6.92 Å². The quantitative estimate of drug-likeness (QED) is 0.616. The van der Waals surface area contributed by atoms with Crippen LogP contribution in [0.1, 0.15) is 13.3 Å². The van der Waals surface area contributed by atoms with Crippen LogP contribution in [-0.4, -0.2) is 46.8 Å². The van der Waals surface area contributed by atoms with Gasteiger partial charge in [-0.25, -0.2) is 0 Å². The van der Waals surface area contributed by atoms with Crippen LogP contribution in [0.2, 0.25) is 0 Å². The van der Waals surface area contributed by atoms with Crippen LogP contribution in [0, 0.1) is 5.92 Å². The van der Waals surface area contributed by atoms with E-state index >= 15 is 0 Å². The minimum absolute atomic E-state index is 0.286. The number of rotatable bonds is 4. The average molecular weight is 173 g/mol. The van der Waals surface area contributed by atoms with Crippen molar-refractivity contribution >= 4 is 5.97 Å². The summed E-state index contributed by atoms with van der Waals surface area (Å²) in [5.74, 6) is -0.301. The molecule has 70 valence electrons. The van der Waals surface area contributed by atoms with Crippen molar-refractivity contribution in [3.8, 4) is 0 Å². The van der Waals surface area contributed by atoms with Crippen molar-refractivity contribution in [2.24, 2.45) is 5.92 Å². The van der Waals surface area contributed by atoms with Gasteiger partial charge in [0.1, 0.15) is 6.04 Å². The zero-order valence-corrected chi connectivity index (χ0v) is 7.23. The number of aliphatic carboxylic acids is 1. The van der Waals surface area contributed by atoms with Gasteiger partial charge in [0, 0.05) is 13.1 Å². The minimum atomic E-state index is -0.924. The lowest BCUT2D eigenvalue weighted by Crippen LogP contribution is -2.56. The molecule has 0 saturated carbocycles. The van der Waals surface area contributed by atoms with E-state index in [1.54, 1.807) is 4.90 Å². The summed E-state index contributed by atoms with van der Waals surface area (Å²) in [5, 5.41) is 17.4. The summed E-state index contributed by atoms with van der Waals surface area (Å²) < 4.78 is 0. The Morgan fingerprint density at radius 3 is 2.58 bits per heavy atom. The SMILES string of the molecule is CCC1CN(C(CO)C(=O)O)C1. The van der Waals surface area contributed by atoms with Gasteiger partial charge in [-0.2, -0.15) is 0 Å².